The second kappa shape index (κ2) is 10.1. The summed E-state index contributed by atoms with van der Waals surface area (Å²) in [5.41, 5.74) is 1.41. The van der Waals surface area contributed by atoms with Gasteiger partial charge in [-0.05, 0) is 39.3 Å². The van der Waals surface area contributed by atoms with E-state index < -0.39 is 0 Å². The number of fused-ring (bicyclic) bond motifs is 1. The average Bonchev–Trinajstić information content (AvgIpc) is 2.99. The molecule has 0 aliphatic rings. The minimum atomic E-state index is -0.352. The highest BCUT2D eigenvalue weighted by molar-refractivity contribution is 5.72. The maximum Gasteiger partial charge on any atom is 0.309 e. The van der Waals surface area contributed by atoms with E-state index in [-0.39, 0.29) is 17.5 Å². The van der Waals surface area contributed by atoms with Gasteiger partial charge in [0.2, 0.25) is 0 Å². The highest BCUT2D eigenvalue weighted by Gasteiger charge is 2.20. The fraction of sp³-hybridized carbons (Fsp3) is 0.600. The molecular weight excluding hydrogens is 302 g/mol. The first kappa shape index (κ1) is 20.2. The summed E-state index contributed by atoms with van der Waals surface area (Å²) in [6, 6.07) is 7.67. The number of para-hydroxylation sites is 2. The fourth-order valence-corrected chi connectivity index (χ4v) is 2.20. The Kier molecular flexibility index (Phi) is 8.51. The lowest BCUT2D eigenvalue weighted by molar-refractivity contribution is -0.159. The smallest absolute Gasteiger partial charge is 0.309 e. The second-order valence-electron chi connectivity index (χ2n) is 7.10. The Hall–Kier alpha value is -1.84. The number of esters is 1. The number of rotatable bonds is 6. The molecule has 4 nitrogen and oxygen atoms in total. The molecule has 0 fully saturated rings. The maximum atomic E-state index is 11.6. The van der Waals surface area contributed by atoms with E-state index in [1.54, 1.807) is 0 Å². The van der Waals surface area contributed by atoms with E-state index in [0.29, 0.717) is 0 Å². The van der Waals surface area contributed by atoms with Crippen molar-refractivity contribution in [2.24, 2.45) is 5.92 Å². The summed E-state index contributed by atoms with van der Waals surface area (Å²) >= 11 is 0. The van der Waals surface area contributed by atoms with Gasteiger partial charge in [-0.2, -0.15) is 0 Å². The largest absolute Gasteiger partial charge is 0.460 e. The van der Waals surface area contributed by atoms with Crippen LogP contribution in [0.3, 0.4) is 0 Å². The summed E-state index contributed by atoms with van der Waals surface area (Å²) in [4.78, 5) is 15.6. The maximum absolute atomic E-state index is 11.6. The third-order valence-corrected chi connectivity index (χ3v) is 3.54. The van der Waals surface area contributed by atoms with E-state index in [0.717, 1.165) is 23.9 Å². The molecule has 0 amide bonds. The Morgan fingerprint density at radius 2 is 1.92 bits per heavy atom. The number of benzene rings is 1. The number of nitrogens with zero attached hydrogens (tertiary/aromatic N) is 1. The highest BCUT2D eigenvalue weighted by atomic mass is 16.6. The molecule has 0 bridgehead atoms. The zero-order chi connectivity index (χ0) is 18.0. The first-order chi connectivity index (χ1) is 11.3. The van der Waals surface area contributed by atoms with E-state index >= 15 is 0 Å². The monoisotopic (exact) mass is 333 g/mol. The molecule has 0 radical (unpaired) electrons. The van der Waals surface area contributed by atoms with Crippen LogP contribution in [0.1, 0.15) is 66.7 Å². The van der Waals surface area contributed by atoms with Crippen molar-refractivity contribution in [3.05, 3.63) is 30.7 Å². The molecule has 2 rings (SSSR count). The molecule has 0 aliphatic heterocycles. The van der Waals surface area contributed by atoms with E-state index in [1.165, 1.54) is 25.7 Å². The summed E-state index contributed by atoms with van der Waals surface area (Å²) in [6.07, 6.45) is 7.26. The predicted molar refractivity (Wildman–Crippen MR) is 97.8 cm³/mol. The quantitative estimate of drug-likeness (QED) is 0.498. The summed E-state index contributed by atoms with van der Waals surface area (Å²) in [6.45, 7) is 9.88. The van der Waals surface area contributed by atoms with Crippen LogP contribution in [0.5, 0.6) is 0 Å². The highest BCUT2D eigenvalue weighted by Crippen LogP contribution is 2.16. The molecule has 1 heterocycles. The van der Waals surface area contributed by atoms with Crippen LogP contribution in [0.15, 0.2) is 35.1 Å². The van der Waals surface area contributed by atoms with Crippen molar-refractivity contribution < 1.29 is 13.9 Å². The van der Waals surface area contributed by atoms with Crippen molar-refractivity contribution in [1.29, 1.82) is 0 Å². The van der Waals surface area contributed by atoms with Gasteiger partial charge >= 0.3 is 5.97 Å². The van der Waals surface area contributed by atoms with E-state index in [4.69, 9.17) is 9.15 Å². The summed E-state index contributed by atoms with van der Waals surface area (Å²) in [7, 11) is 0. The van der Waals surface area contributed by atoms with Crippen LogP contribution in [0.4, 0.5) is 0 Å². The number of carbonyl (C=O) groups excluding carboxylic acids is 1. The number of aromatic nitrogens is 1. The Bertz CT molecular complexity index is 568. The van der Waals surface area contributed by atoms with Gasteiger partial charge in [0.15, 0.2) is 12.0 Å². The third-order valence-electron chi connectivity index (χ3n) is 3.54. The lowest BCUT2D eigenvalue weighted by atomic mass is 10.0. The normalized spacial score (nSPS) is 12.4. The molecule has 1 unspecified atom stereocenters. The van der Waals surface area contributed by atoms with Crippen LogP contribution >= 0.6 is 0 Å². The molecule has 24 heavy (non-hydrogen) atoms. The molecule has 2 aromatic rings. The van der Waals surface area contributed by atoms with Crippen molar-refractivity contribution in [2.75, 3.05) is 0 Å². The standard InChI is InChI=1S/C13H26O2.C7H5NO/c1-6-7-8-9-10-11(2)12(14)15-13(3,4)5;1-2-4-7-6(3-1)8-5-9-7/h11H,6-10H2,1-5H3;1-5H. The van der Waals surface area contributed by atoms with Gasteiger partial charge in [-0.15, -0.1) is 0 Å². The Morgan fingerprint density at radius 1 is 1.21 bits per heavy atom. The van der Waals surface area contributed by atoms with E-state index in [2.05, 4.69) is 11.9 Å². The number of unbranched alkanes of at least 4 members (excludes halogenated alkanes) is 3. The van der Waals surface area contributed by atoms with Gasteiger partial charge in [0.1, 0.15) is 11.1 Å². The zero-order valence-electron chi connectivity index (χ0n) is 15.7. The van der Waals surface area contributed by atoms with Crippen molar-refractivity contribution in [2.45, 2.75) is 72.3 Å². The zero-order valence-corrected chi connectivity index (χ0v) is 15.7. The molecule has 0 saturated heterocycles. The van der Waals surface area contributed by atoms with E-state index in [9.17, 15) is 4.79 Å². The van der Waals surface area contributed by atoms with Crippen molar-refractivity contribution in [1.82, 2.24) is 4.98 Å². The predicted octanol–water partition coefficient (Wildman–Crippen LogP) is 5.76. The minimum Gasteiger partial charge on any atom is -0.460 e. The fourth-order valence-electron chi connectivity index (χ4n) is 2.20. The van der Waals surface area contributed by atoms with Crippen LogP contribution in [-0.2, 0) is 9.53 Å². The molecule has 0 saturated carbocycles. The Balaban J connectivity index is 0.000000267. The van der Waals surface area contributed by atoms with Gasteiger partial charge in [0.05, 0.1) is 5.92 Å². The van der Waals surface area contributed by atoms with Crippen molar-refractivity contribution in [3.63, 3.8) is 0 Å². The Labute approximate surface area is 145 Å². The number of ether oxygens (including phenoxy) is 1. The second-order valence-corrected chi connectivity index (χ2v) is 7.10. The Morgan fingerprint density at radius 3 is 2.54 bits per heavy atom. The molecule has 0 spiro atoms. The molecule has 134 valence electrons. The summed E-state index contributed by atoms with van der Waals surface area (Å²) in [5, 5.41) is 0. The van der Waals surface area contributed by atoms with Crippen molar-refractivity contribution in [3.8, 4) is 0 Å². The SMILES string of the molecule is CCCCCCC(C)C(=O)OC(C)(C)C.c1ccc2ocnc2c1. The van der Waals surface area contributed by atoms with E-state index in [1.807, 2.05) is 52.0 Å². The van der Waals surface area contributed by atoms with Gasteiger partial charge in [0, 0.05) is 0 Å². The molecule has 1 aromatic carbocycles. The number of hydrogen-bond donors (Lipinski definition) is 0. The van der Waals surface area contributed by atoms with Crippen molar-refractivity contribution >= 4 is 17.1 Å². The lowest BCUT2D eigenvalue weighted by Gasteiger charge is -2.22. The summed E-state index contributed by atoms with van der Waals surface area (Å²) in [5.74, 6) is -0.0138. The third kappa shape index (κ3) is 8.14. The van der Waals surface area contributed by atoms with Crippen LogP contribution in [0, 0.1) is 5.92 Å². The molecule has 0 N–H and O–H groups in total. The van der Waals surface area contributed by atoms with Crippen LogP contribution in [-0.4, -0.2) is 16.6 Å². The van der Waals surface area contributed by atoms with Crippen LogP contribution in [0.25, 0.3) is 11.1 Å². The average molecular weight is 333 g/mol. The molecule has 1 aromatic heterocycles. The topological polar surface area (TPSA) is 52.3 Å². The first-order valence-electron chi connectivity index (χ1n) is 8.84. The van der Waals surface area contributed by atoms with Crippen LogP contribution in [0.2, 0.25) is 0 Å². The number of oxazole rings is 1. The molecular formula is C20H31NO3. The van der Waals surface area contributed by atoms with Gasteiger partial charge in [-0.25, -0.2) is 4.98 Å². The molecule has 0 aliphatic carbocycles. The minimum absolute atomic E-state index is 0.0427. The number of hydrogen-bond acceptors (Lipinski definition) is 4. The first-order valence-corrected chi connectivity index (χ1v) is 8.84. The van der Waals surface area contributed by atoms with Gasteiger partial charge in [0.25, 0.3) is 0 Å². The molecule has 1 atom stereocenters. The van der Waals surface area contributed by atoms with Gasteiger partial charge in [-0.1, -0.05) is 51.7 Å². The van der Waals surface area contributed by atoms with Gasteiger partial charge < -0.3 is 9.15 Å². The van der Waals surface area contributed by atoms with Crippen LogP contribution < -0.4 is 0 Å². The number of carbonyl (C=O) groups is 1. The molecule has 4 heteroatoms. The van der Waals surface area contributed by atoms with Gasteiger partial charge in [-0.3, -0.25) is 4.79 Å². The lowest BCUT2D eigenvalue weighted by Crippen LogP contribution is -2.27. The summed E-state index contributed by atoms with van der Waals surface area (Å²) < 4.78 is 10.3.